The number of hydrazone groups is 1. The van der Waals surface area contributed by atoms with E-state index in [4.69, 9.17) is 16.3 Å². The monoisotopic (exact) mass is 376 g/mol. The average Bonchev–Trinajstić information content (AvgIpc) is 2.63. The number of thioether (sulfide) groups is 1. The van der Waals surface area contributed by atoms with Gasteiger partial charge in [0.15, 0.2) is 0 Å². The predicted octanol–water partition coefficient (Wildman–Crippen LogP) is 4.76. The Kier molecular flexibility index (Phi) is 8.35. The molecule has 0 aliphatic rings. The zero-order valence-electron chi connectivity index (χ0n) is 14.1. The molecular formula is C19H21ClN2O2S. The van der Waals surface area contributed by atoms with Crippen LogP contribution in [0.2, 0.25) is 5.02 Å². The van der Waals surface area contributed by atoms with E-state index in [1.807, 2.05) is 36.4 Å². The molecule has 0 radical (unpaired) electrons. The third-order valence-electron chi connectivity index (χ3n) is 3.23. The molecule has 0 aromatic heterocycles. The number of hydrogen-bond acceptors (Lipinski definition) is 4. The second-order valence-electron chi connectivity index (χ2n) is 5.31. The number of amides is 1. The van der Waals surface area contributed by atoms with Crippen molar-refractivity contribution in [2.75, 3.05) is 12.4 Å². The fourth-order valence-corrected chi connectivity index (χ4v) is 2.69. The van der Waals surface area contributed by atoms with Crippen LogP contribution in [0.3, 0.4) is 0 Å². The van der Waals surface area contributed by atoms with Gasteiger partial charge in [-0.15, -0.1) is 11.8 Å². The molecular weight excluding hydrogens is 356 g/mol. The van der Waals surface area contributed by atoms with Gasteiger partial charge in [0.2, 0.25) is 5.91 Å². The molecule has 6 heteroatoms. The minimum Gasteiger partial charge on any atom is -0.494 e. The molecule has 1 N–H and O–H groups in total. The fourth-order valence-electron chi connectivity index (χ4n) is 1.88. The standard InChI is InChI=1S/C19H21ClN2O2S/c1-2-3-12-24-17-8-4-15(5-9-17)13-21-22-19(23)14-25-18-10-6-16(20)7-11-18/h4-11,13H,2-3,12,14H2,1H3,(H,22,23)/b21-13+. The molecule has 2 aromatic carbocycles. The first-order chi connectivity index (χ1) is 12.2. The molecule has 0 saturated heterocycles. The molecule has 0 unspecified atom stereocenters. The van der Waals surface area contributed by atoms with Gasteiger partial charge in [-0.2, -0.15) is 5.10 Å². The van der Waals surface area contributed by atoms with E-state index in [-0.39, 0.29) is 5.91 Å². The Morgan fingerprint density at radius 2 is 1.92 bits per heavy atom. The Bertz CT molecular complexity index is 688. The maximum Gasteiger partial charge on any atom is 0.250 e. The Balaban J connectivity index is 1.72. The molecule has 4 nitrogen and oxygen atoms in total. The van der Waals surface area contributed by atoms with Crippen molar-refractivity contribution in [3.8, 4) is 5.75 Å². The van der Waals surface area contributed by atoms with Crippen molar-refractivity contribution in [2.45, 2.75) is 24.7 Å². The van der Waals surface area contributed by atoms with Gasteiger partial charge in [0.1, 0.15) is 5.75 Å². The van der Waals surface area contributed by atoms with Crippen molar-refractivity contribution in [3.63, 3.8) is 0 Å². The van der Waals surface area contributed by atoms with E-state index in [0.717, 1.165) is 35.7 Å². The van der Waals surface area contributed by atoms with Gasteiger partial charge < -0.3 is 4.74 Å². The van der Waals surface area contributed by atoms with Crippen LogP contribution in [-0.2, 0) is 4.79 Å². The number of nitrogens with one attached hydrogen (secondary N) is 1. The van der Waals surface area contributed by atoms with Crippen molar-refractivity contribution in [1.29, 1.82) is 0 Å². The van der Waals surface area contributed by atoms with Crippen molar-refractivity contribution in [3.05, 3.63) is 59.1 Å². The molecule has 25 heavy (non-hydrogen) atoms. The van der Waals surface area contributed by atoms with Crippen LogP contribution in [0.25, 0.3) is 0 Å². The van der Waals surface area contributed by atoms with Crippen LogP contribution in [0.1, 0.15) is 25.3 Å². The van der Waals surface area contributed by atoms with Gasteiger partial charge in [-0.1, -0.05) is 24.9 Å². The number of hydrogen-bond donors (Lipinski definition) is 1. The van der Waals surface area contributed by atoms with Gasteiger partial charge in [-0.05, 0) is 60.5 Å². The number of ether oxygens (including phenoxy) is 1. The Hall–Kier alpha value is -1.98. The average molecular weight is 377 g/mol. The van der Waals surface area contributed by atoms with Gasteiger partial charge in [-0.3, -0.25) is 4.79 Å². The number of carbonyl (C=O) groups is 1. The summed E-state index contributed by atoms with van der Waals surface area (Å²) in [5, 5.41) is 4.65. The zero-order valence-corrected chi connectivity index (χ0v) is 15.6. The van der Waals surface area contributed by atoms with Crippen LogP contribution in [-0.4, -0.2) is 24.5 Å². The predicted molar refractivity (Wildman–Crippen MR) is 105 cm³/mol. The van der Waals surface area contributed by atoms with Gasteiger partial charge in [0, 0.05) is 9.92 Å². The number of carbonyl (C=O) groups excluding carboxylic acids is 1. The van der Waals surface area contributed by atoms with Crippen molar-refractivity contribution in [2.24, 2.45) is 5.10 Å². The Morgan fingerprint density at radius 3 is 2.60 bits per heavy atom. The highest BCUT2D eigenvalue weighted by molar-refractivity contribution is 8.00. The van der Waals surface area contributed by atoms with E-state index in [0.29, 0.717) is 10.8 Å². The van der Waals surface area contributed by atoms with E-state index in [2.05, 4.69) is 17.5 Å². The fraction of sp³-hybridized carbons (Fsp3) is 0.263. The lowest BCUT2D eigenvalue weighted by Gasteiger charge is -2.05. The zero-order chi connectivity index (χ0) is 17.9. The normalized spacial score (nSPS) is 10.8. The van der Waals surface area contributed by atoms with E-state index >= 15 is 0 Å². The minimum absolute atomic E-state index is 0.157. The molecule has 0 spiro atoms. The summed E-state index contributed by atoms with van der Waals surface area (Å²) >= 11 is 7.26. The molecule has 0 aliphatic heterocycles. The smallest absolute Gasteiger partial charge is 0.250 e. The second kappa shape index (κ2) is 10.8. The van der Waals surface area contributed by atoms with Crippen LogP contribution >= 0.6 is 23.4 Å². The molecule has 0 fully saturated rings. The first kappa shape index (κ1) is 19.3. The first-order valence-corrected chi connectivity index (χ1v) is 9.47. The number of unbranched alkanes of at least 4 members (excludes halogenated alkanes) is 1. The molecule has 1 amide bonds. The van der Waals surface area contributed by atoms with Crippen LogP contribution < -0.4 is 10.2 Å². The highest BCUT2D eigenvalue weighted by atomic mass is 35.5. The number of nitrogens with zero attached hydrogens (tertiary/aromatic N) is 1. The SMILES string of the molecule is CCCCOc1ccc(/C=N/NC(=O)CSc2ccc(Cl)cc2)cc1. The Labute approximate surface area is 157 Å². The molecule has 2 rings (SSSR count). The highest BCUT2D eigenvalue weighted by Crippen LogP contribution is 2.19. The third kappa shape index (κ3) is 7.63. The van der Waals surface area contributed by atoms with Gasteiger partial charge in [0.05, 0.1) is 18.6 Å². The lowest BCUT2D eigenvalue weighted by Crippen LogP contribution is -2.19. The lowest BCUT2D eigenvalue weighted by atomic mass is 10.2. The quantitative estimate of drug-likeness (QED) is 0.297. The first-order valence-electron chi connectivity index (χ1n) is 8.10. The summed E-state index contributed by atoms with van der Waals surface area (Å²) in [6.07, 6.45) is 3.77. The summed E-state index contributed by atoms with van der Waals surface area (Å²) in [6.45, 7) is 2.86. The summed E-state index contributed by atoms with van der Waals surface area (Å²) in [7, 11) is 0. The topological polar surface area (TPSA) is 50.7 Å². The van der Waals surface area contributed by atoms with E-state index in [1.54, 1.807) is 18.3 Å². The number of halogens is 1. The molecule has 2 aromatic rings. The summed E-state index contributed by atoms with van der Waals surface area (Å²) in [6, 6.07) is 15.0. The van der Waals surface area contributed by atoms with Crippen LogP contribution in [0.4, 0.5) is 0 Å². The molecule has 132 valence electrons. The van der Waals surface area contributed by atoms with Crippen LogP contribution in [0, 0.1) is 0 Å². The largest absolute Gasteiger partial charge is 0.494 e. The maximum absolute atomic E-state index is 11.8. The summed E-state index contributed by atoms with van der Waals surface area (Å²) in [5.41, 5.74) is 3.42. The van der Waals surface area contributed by atoms with Crippen LogP contribution in [0.15, 0.2) is 58.5 Å². The lowest BCUT2D eigenvalue weighted by molar-refractivity contribution is -0.118. The van der Waals surface area contributed by atoms with Crippen molar-refractivity contribution in [1.82, 2.24) is 5.43 Å². The second-order valence-corrected chi connectivity index (χ2v) is 6.79. The summed E-state index contributed by atoms with van der Waals surface area (Å²) in [4.78, 5) is 12.8. The van der Waals surface area contributed by atoms with E-state index < -0.39 is 0 Å². The third-order valence-corrected chi connectivity index (χ3v) is 4.50. The van der Waals surface area contributed by atoms with Crippen molar-refractivity contribution < 1.29 is 9.53 Å². The molecule has 0 saturated carbocycles. The highest BCUT2D eigenvalue weighted by Gasteiger charge is 2.01. The molecule has 0 bridgehead atoms. The van der Waals surface area contributed by atoms with Crippen molar-refractivity contribution >= 4 is 35.5 Å². The number of rotatable bonds is 9. The molecule has 0 heterocycles. The Morgan fingerprint density at radius 1 is 1.20 bits per heavy atom. The summed E-state index contributed by atoms with van der Waals surface area (Å²) in [5.74, 6) is 0.980. The van der Waals surface area contributed by atoms with Gasteiger partial charge >= 0.3 is 0 Å². The van der Waals surface area contributed by atoms with E-state index in [1.165, 1.54) is 11.8 Å². The molecule has 0 aliphatic carbocycles. The molecule has 0 atom stereocenters. The van der Waals surface area contributed by atoms with Crippen LogP contribution in [0.5, 0.6) is 5.75 Å². The maximum atomic E-state index is 11.8. The summed E-state index contributed by atoms with van der Waals surface area (Å²) < 4.78 is 5.60. The minimum atomic E-state index is -0.157. The van der Waals surface area contributed by atoms with Gasteiger partial charge in [0.25, 0.3) is 0 Å². The number of benzene rings is 2. The van der Waals surface area contributed by atoms with E-state index in [9.17, 15) is 4.79 Å². The van der Waals surface area contributed by atoms with Gasteiger partial charge in [-0.25, -0.2) is 5.43 Å².